The summed E-state index contributed by atoms with van der Waals surface area (Å²) in [4.78, 5) is 24.1. The molecule has 0 aliphatic heterocycles. The van der Waals surface area contributed by atoms with E-state index in [0.29, 0.717) is 11.4 Å². The Balaban J connectivity index is 1.93. The highest BCUT2D eigenvalue weighted by Gasteiger charge is 2.23. The van der Waals surface area contributed by atoms with Crippen molar-refractivity contribution in [2.75, 3.05) is 10.6 Å². The van der Waals surface area contributed by atoms with E-state index in [-0.39, 0.29) is 5.82 Å². The Morgan fingerprint density at radius 2 is 1.32 bits per heavy atom. The van der Waals surface area contributed by atoms with Gasteiger partial charge in [-0.05, 0) is 76.6 Å². The standard InChI is InChI=1S/C21H26FN3O3/c1-20(2,3)28-19(27)24-17-12-10-16(11-13-17)23-18(26)25-21(4,5)14-6-8-15(22)9-7-14/h6-13H,1-5H3,(H,24,27)(H2,23,25,26). The number of benzene rings is 2. The third-order valence-corrected chi connectivity index (χ3v) is 3.78. The summed E-state index contributed by atoms with van der Waals surface area (Å²) in [6, 6.07) is 12.2. The van der Waals surface area contributed by atoms with Crippen molar-refractivity contribution in [3.05, 3.63) is 59.9 Å². The summed E-state index contributed by atoms with van der Waals surface area (Å²) in [5, 5.41) is 8.20. The first-order chi connectivity index (χ1) is 12.9. The zero-order chi connectivity index (χ0) is 20.9. The number of rotatable bonds is 4. The van der Waals surface area contributed by atoms with E-state index in [4.69, 9.17) is 4.74 Å². The van der Waals surface area contributed by atoms with Crippen LogP contribution >= 0.6 is 0 Å². The normalized spacial score (nSPS) is 11.5. The van der Waals surface area contributed by atoms with Crippen molar-refractivity contribution >= 4 is 23.5 Å². The van der Waals surface area contributed by atoms with E-state index in [1.54, 1.807) is 57.2 Å². The van der Waals surface area contributed by atoms with E-state index in [1.165, 1.54) is 12.1 Å². The number of urea groups is 1. The van der Waals surface area contributed by atoms with Crippen LogP contribution in [0.5, 0.6) is 0 Å². The Labute approximate surface area is 164 Å². The molecular formula is C21H26FN3O3. The van der Waals surface area contributed by atoms with Gasteiger partial charge in [0, 0.05) is 11.4 Å². The second-order valence-electron chi connectivity index (χ2n) is 7.92. The SMILES string of the molecule is CC(C)(C)OC(=O)Nc1ccc(NC(=O)NC(C)(C)c2ccc(F)cc2)cc1. The molecule has 2 rings (SSSR count). The number of ether oxygens (including phenoxy) is 1. The lowest BCUT2D eigenvalue weighted by molar-refractivity contribution is 0.0636. The lowest BCUT2D eigenvalue weighted by atomic mass is 9.94. The first-order valence-corrected chi connectivity index (χ1v) is 8.90. The van der Waals surface area contributed by atoms with E-state index < -0.39 is 23.3 Å². The first-order valence-electron chi connectivity index (χ1n) is 8.90. The summed E-state index contributed by atoms with van der Waals surface area (Å²) in [5.74, 6) is -0.330. The average Bonchev–Trinajstić information content (AvgIpc) is 2.54. The number of hydrogen-bond acceptors (Lipinski definition) is 3. The number of anilines is 2. The van der Waals surface area contributed by atoms with E-state index in [2.05, 4.69) is 16.0 Å². The molecule has 0 atom stereocenters. The van der Waals surface area contributed by atoms with Crippen LogP contribution in [0.25, 0.3) is 0 Å². The van der Waals surface area contributed by atoms with Gasteiger partial charge < -0.3 is 15.4 Å². The van der Waals surface area contributed by atoms with Gasteiger partial charge in [0.15, 0.2) is 0 Å². The van der Waals surface area contributed by atoms with Crippen LogP contribution < -0.4 is 16.0 Å². The minimum atomic E-state index is -0.685. The fourth-order valence-electron chi connectivity index (χ4n) is 2.44. The average molecular weight is 387 g/mol. The molecule has 0 fully saturated rings. The molecule has 3 N–H and O–H groups in total. The molecular weight excluding hydrogens is 361 g/mol. The summed E-state index contributed by atoms with van der Waals surface area (Å²) in [7, 11) is 0. The predicted octanol–water partition coefficient (Wildman–Crippen LogP) is 5.23. The summed E-state index contributed by atoms with van der Waals surface area (Å²) in [6.07, 6.45) is -0.549. The monoisotopic (exact) mass is 387 g/mol. The van der Waals surface area contributed by atoms with Crippen molar-refractivity contribution in [2.45, 2.75) is 45.8 Å². The molecule has 6 nitrogen and oxygen atoms in total. The van der Waals surface area contributed by atoms with Crippen molar-refractivity contribution < 1.29 is 18.7 Å². The maximum absolute atomic E-state index is 13.1. The smallest absolute Gasteiger partial charge is 0.412 e. The van der Waals surface area contributed by atoms with Crippen LogP contribution in [0, 0.1) is 5.82 Å². The van der Waals surface area contributed by atoms with Crippen molar-refractivity contribution in [1.29, 1.82) is 0 Å². The molecule has 0 heterocycles. The molecule has 0 bridgehead atoms. The molecule has 0 aromatic heterocycles. The summed E-state index contributed by atoms with van der Waals surface area (Å²) < 4.78 is 18.3. The summed E-state index contributed by atoms with van der Waals surface area (Å²) >= 11 is 0. The third kappa shape index (κ3) is 6.57. The quantitative estimate of drug-likeness (QED) is 0.672. The van der Waals surface area contributed by atoms with Crippen molar-refractivity contribution in [1.82, 2.24) is 5.32 Å². The van der Waals surface area contributed by atoms with Gasteiger partial charge in [-0.1, -0.05) is 12.1 Å². The number of nitrogens with one attached hydrogen (secondary N) is 3. The minimum absolute atomic E-state index is 0.330. The molecule has 0 saturated heterocycles. The minimum Gasteiger partial charge on any atom is -0.444 e. The highest BCUT2D eigenvalue weighted by Crippen LogP contribution is 2.21. The number of carbonyl (C=O) groups excluding carboxylic acids is 2. The van der Waals surface area contributed by atoms with Gasteiger partial charge in [-0.15, -0.1) is 0 Å². The van der Waals surface area contributed by atoms with Gasteiger partial charge in [0.1, 0.15) is 11.4 Å². The van der Waals surface area contributed by atoms with Crippen molar-refractivity contribution in [3.8, 4) is 0 Å². The summed E-state index contributed by atoms with van der Waals surface area (Å²) in [5.41, 5.74) is 0.617. The Bertz CT molecular complexity index is 825. The van der Waals surface area contributed by atoms with E-state index >= 15 is 0 Å². The van der Waals surface area contributed by atoms with Gasteiger partial charge in [0.2, 0.25) is 0 Å². The Morgan fingerprint density at radius 1 is 0.821 bits per heavy atom. The van der Waals surface area contributed by atoms with Crippen LogP contribution in [0.3, 0.4) is 0 Å². The van der Waals surface area contributed by atoms with Crippen LogP contribution in [0.4, 0.5) is 25.4 Å². The maximum Gasteiger partial charge on any atom is 0.412 e. The summed E-state index contributed by atoms with van der Waals surface area (Å²) in [6.45, 7) is 9.00. The van der Waals surface area contributed by atoms with Gasteiger partial charge in [-0.25, -0.2) is 14.0 Å². The van der Waals surface area contributed by atoms with Gasteiger partial charge in [-0.2, -0.15) is 0 Å². The highest BCUT2D eigenvalue weighted by atomic mass is 19.1. The van der Waals surface area contributed by atoms with Gasteiger partial charge >= 0.3 is 12.1 Å². The molecule has 0 aliphatic carbocycles. The van der Waals surface area contributed by atoms with Gasteiger partial charge in [-0.3, -0.25) is 5.32 Å². The van der Waals surface area contributed by atoms with Crippen LogP contribution in [0.15, 0.2) is 48.5 Å². The molecule has 0 saturated carbocycles. The van der Waals surface area contributed by atoms with Crippen LogP contribution in [0.1, 0.15) is 40.2 Å². The fraction of sp³-hybridized carbons (Fsp3) is 0.333. The lowest BCUT2D eigenvalue weighted by Crippen LogP contribution is -2.43. The Hall–Kier alpha value is -3.09. The fourth-order valence-corrected chi connectivity index (χ4v) is 2.44. The van der Waals surface area contributed by atoms with Crippen LogP contribution in [-0.2, 0) is 10.3 Å². The van der Waals surface area contributed by atoms with Crippen molar-refractivity contribution in [2.24, 2.45) is 0 Å². The molecule has 7 heteroatoms. The van der Waals surface area contributed by atoms with E-state index in [0.717, 1.165) is 5.56 Å². The number of carbonyl (C=O) groups is 2. The number of amides is 3. The van der Waals surface area contributed by atoms with Crippen LogP contribution in [0.2, 0.25) is 0 Å². The first kappa shape index (κ1) is 21.2. The van der Waals surface area contributed by atoms with Crippen LogP contribution in [-0.4, -0.2) is 17.7 Å². The van der Waals surface area contributed by atoms with E-state index in [9.17, 15) is 14.0 Å². The molecule has 0 spiro atoms. The molecule has 3 amide bonds. The number of halogens is 1. The maximum atomic E-state index is 13.1. The molecule has 0 radical (unpaired) electrons. The molecule has 0 aliphatic rings. The molecule has 28 heavy (non-hydrogen) atoms. The Morgan fingerprint density at radius 3 is 1.82 bits per heavy atom. The zero-order valence-corrected chi connectivity index (χ0v) is 16.7. The van der Waals surface area contributed by atoms with Gasteiger partial charge in [0.05, 0.1) is 5.54 Å². The van der Waals surface area contributed by atoms with E-state index in [1.807, 2.05) is 13.8 Å². The molecule has 2 aromatic rings. The predicted molar refractivity (Wildman–Crippen MR) is 108 cm³/mol. The third-order valence-electron chi connectivity index (χ3n) is 3.78. The molecule has 0 unspecified atom stereocenters. The second kappa shape index (κ2) is 8.29. The molecule has 2 aromatic carbocycles. The number of hydrogen-bond donors (Lipinski definition) is 3. The second-order valence-corrected chi connectivity index (χ2v) is 7.92. The Kier molecular flexibility index (Phi) is 6.28. The van der Waals surface area contributed by atoms with Gasteiger partial charge in [0.25, 0.3) is 0 Å². The molecule has 150 valence electrons. The zero-order valence-electron chi connectivity index (χ0n) is 16.7. The topological polar surface area (TPSA) is 79.5 Å². The largest absolute Gasteiger partial charge is 0.444 e. The highest BCUT2D eigenvalue weighted by molar-refractivity contribution is 5.90. The lowest BCUT2D eigenvalue weighted by Gasteiger charge is -2.27. The van der Waals surface area contributed by atoms with Crippen molar-refractivity contribution in [3.63, 3.8) is 0 Å².